The molecule has 0 aromatic heterocycles. The molecule has 0 atom stereocenters. The van der Waals surface area contributed by atoms with Gasteiger partial charge in [-0.05, 0) is 19.3 Å². The Balaban J connectivity index is 0.000000252. The Bertz CT molecular complexity index is 132. The van der Waals surface area contributed by atoms with E-state index in [9.17, 15) is 17.3 Å². The second-order valence-electron chi connectivity index (χ2n) is 3.94. The molecule has 6 heteroatoms. The van der Waals surface area contributed by atoms with E-state index in [1.165, 1.54) is 36.8 Å². The lowest BCUT2D eigenvalue weighted by Crippen LogP contribution is -2.43. The molecule has 1 aliphatic rings. The van der Waals surface area contributed by atoms with Gasteiger partial charge in [0.2, 0.25) is 0 Å². The first-order valence-corrected chi connectivity index (χ1v) is 4.40. The zero-order valence-corrected chi connectivity index (χ0v) is 8.07. The van der Waals surface area contributed by atoms with Crippen LogP contribution in [0.15, 0.2) is 0 Å². The van der Waals surface area contributed by atoms with Crippen LogP contribution in [0, 0.1) is 0 Å². The summed E-state index contributed by atoms with van der Waals surface area (Å²) in [4.78, 5) is 0. The predicted molar refractivity (Wildman–Crippen MR) is 45.9 cm³/mol. The quantitative estimate of drug-likeness (QED) is 0.321. The highest BCUT2D eigenvalue weighted by Gasteiger charge is 2.20. The van der Waals surface area contributed by atoms with Crippen molar-refractivity contribution in [3.8, 4) is 0 Å². The van der Waals surface area contributed by atoms with Crippen LogP contribution in [0.5, 0.6) is 0 Å². The SMILES string of the molecule is C[N+]1(C)CCCCC1.F[B-](F)(F)F. The summed E-state index contributed by atoms with van der Waals surface area (Å²) < 4.78 is 40.2. The summed E-state index contributed by atoms with van der Waals surface area (Å²) in [5.74, 6) is 0. The highest BCUT2D eigenvalue weighted by atomic mass is 19.5. The van der Waals surface area contributed by atoms with Crippen LogP contribution >= 0.6 is 0 Å². The fourth-order valence-corrected chi connectivity index (χ4v) is 1.37. The van der Waals surface area contributed by atoms with Crippen molar-refractivity contribution in [2.75, 3.05) is 27.2 Å². The molecule has 0 aliphatic carbocycles. The van der Waals surface area contributed by atoms with Gasteiger partial charge in [0.15, 0.2) is 0 Å². The lowest BCUT2D eigenvalue weighted by molar-refractivity contribution is -0.894. The first kappa shape index (κ1) is 12.7. The molecule has 0 radical (unpaired) electrons. The van der Waals surface area contributed by atoms with Gasteiger partial charge in [0.05, 0.1) is 27.2 Å². The minimum Gasteiger partial charge on any atom is -0.418 e. The Hall–Kier alpha value is -0.255. The van der Waals surface area contributed by atoms with Gasteiger partial charge >= 0.3 is 7.25 Å². The standard InChI is InChI=1S/C7H16N.BF4/c1-8(2)6-4-3-5-7-8;2-1(3,4)5/h3-7H2,1-2H3;/q+1;-1. The van der Waals surface area contributed by atoms with Gasteiger partial charge < -0.3 is 21.7 Å². The average Bonchev–Trinajstić information content (AvgIpc) is 1.82. The highest BCUT2D eigenvalue weighted by Crippen LogP contribution is 2.12. The first-order chi connectivity index (χ1) is 5.71. The van der Waals surface area contributed by atoms with E-state index < -0.39 is 7.25 Å². The lowest BCUT2D eigenvalue weighted by atomic mass is 10.1. The van der Waals surface area contributed by atoms with E-state index in [4.69, 9.17) is 0 Å². The predicted octanol–water partition coefficient (Wildman–Crippen LogP) is 2.55. The van der Waals surface area contributed by atoms with Crippen molar-refractivity contribution in [3.63, 3.8) is 0 Å². The van der Waals surface area contributed by atoms with Crippen molar-refractivity contribution in [1.29, 1.82) is 0 Å². The Kier molecular flexibility index (Phi) is 4.74. The Labute approximate surface area is 76.4 Å². The summed E-state index contributed by atoms with van der Waals surface area (Å²) in [6.07, 6.45) is 4.34. The number of piperidine rings is 1. The van der Waals surface area contributed by atoms with Crippen molar-refractivity contribution >= 4 is 7.25 Å². The fourth-order valence-electron chi connectivity index (χ4n) is 1.37. The monoisotopic (exact) mass is 201 g/mol. The number of halogens is 4. The summed E-state index contributed by atoms with van der Waals surface area (Å²) in [5, 5.41) is 0. The lowest BCUT2D eigenvalue weighted by Gasteiger charge is -2.33. The third-order valence-electron chi connectivity index (χ3n) is 2.03. The normalized spacial score (nSPS) is 21.7. The molecule has 0 saturated carbocycles. The van der Waals surface area contributed by atoms with Gasteiger partial charge in [-0.25, -0.2) is 0 Å². The molecule has 0 N–H and O–H groups in total. The molecule has 0 bridgehead atoms. The fraction of sp³-hybridized carbons (Fsp3) is 1.00. The van der Waals surface area contributed by atoms with Crippen LogP contribution in [0.2, 0.25) is 0 Å². The van der Waals surface area contributed by atoms with E-state index in [0.717, 1.165) is 0 Å². The average molecular weight is 201 g/mol. The molecule has 1 heterocycles. The summed E-state index contributed by atoms with van der Waals surface area (Å²) in [6.45, 7) is 2.78. The third-order valence-corrected chi connectivity index (χ3v) is 2.03. The van der Waals surface area contributed by atoms with Crippen LogP contribution in [0.25, 0.3) is 0 Å². The Morgan fingerprint density at radius 1 is 0.846 bits per heavy atom. The van der Waals surface area contributed by atoms with Gasteiger partial charge in [0.1, 0.15) is 0 Å². The van der Waals surface area contributed by atoms with Crippen LogP contribution in [-0.4, -0.2) is 38.9 Å². The summed E-state index contributed by atoms with van der Waals surface area (Å²) in [7, 11) is -1.36. The summed E-state index contributed by atoms with van der Waals surface area (Å²) in [6, 6.07) is 0. The summed E-state index contributed by atoms with van der Waals surface area (Å²) in [5.41, 5.74) is 0. The molecule has 0 spiro atoms. The van der Waals surface area contributed by atoms with E-state index in [0.29, 0.717) is 0 Å². The molecule has 13 heavy (non-hydrogen) atoms. The number of rotatable bonds is 0. The van der Waals surface area contributed by atoms with Crippen molar-refractivity contribution in [2.24, 2.45) is 0 Å². The Morgan fingerprint density at radius 2 is 1.15 bits per heavy atom. The second-order valence-corrected chi connectivity index (χ2v) is 3.94. The number of hydrogen-bond acceptors (Lipinski definition) is 0. The maximum atomic E-state index is 9.75. The Morgan fingerprint density at radius 3 is 1.31 bits per heavy atom. The molecule has 80 valence electrons. The van der Waals surface area contributed by atoms with Gasteiger partial charge in [-0.1, -0.05) is 0 Å². The van der Waals surface area contributed by atoms with Crippen molar-refractivity contribution < 1.29 is 21.7 Å². The van der Waals surface area contributed by atoms with E-state index in [-0.39, 0.29) is 0 Å². The van der Waals surface area contributed by atoms with Crippen molar-refractivity contribution in [3.05, 3.63) is 0 Å². The smallest absolute Gasteiger partial charge is 0.418 e. The molecule has 0 aromatic rings. The van der Waals surface area contributed by atoms with Crippen molar-refractivity contribution in [1.82, 2.24) is 0 Å². The molecule has 1 saturated heterocycles. The molecule has 1 nitrogen and oxygen atoms in total. The zero-order valence-electron chi connectivity index (χ0n) is 8.07. The van der Waals surface area contributed by atoms with E-state index >= 15 is 0 Å². The van der Waals surface area contributed by atoms with E-state index in [1.54, 1.807) is 0 Å². The third kappa shape index (κ3) is 11.7. The zero-order chi connectivity index (χ0) is 10.5. The first-order valence-electron chi connectivity index (χ1n) is 4.40. The number of hydrogen-bond donors (Lipinski definition) is 0. The van der Waals surface area contributed by atoms with E-state index in [2.05, 4.69) is 14.1 Å². The maximum Gasteiger partial charge on any atom is 0.673 e. The largest absolute Gasteiger partial charge is 0.673 e. The molecular weight excluding hydrogens is 185 g/mol. The topological polar surface area (TPSA) is 0 Å². The van der Waals surface area contributed by atoms with Gasteiger partial charge in [-0.15, -0.1) is 0 Å². The van der Waals surface area contributed by atoms with Gasteiger partial charge in [-0.3, -0.25) is 0 Å². The van der Waals surface area contributed by atoms with Crippen molar-refractivity contribution in [2.45, 2.75) is 19.3 Å². The van der Waals surface area contributed by atoms with Gasteiger partial charge in [0, 0.05) is 0 Å². The molecule has 1 rings (SSSR count). The highest BCUT2D eigenvalue weighted by molar-refractivity contribution is 6.50. The van der Waals surface area contributed by atoms with E-state index in [1.807, 2.05) is 0 Å². The molecule has 1 fully saturated rings. The number of nitrogens with zero attached hydrogens (tertiary/aromatic N) is 1. The van der Waals surface area contributed by atoms with Crippen LogP contribution < -0.4 is 0 Å². The number of quaternary nitrogens is 1. The van der Waals surface area contributed by atoms with Crippen LogP contribution in [-0.2, 0) is 0 Å². The molecule has 0 amide bonds. The minimum absolute atomic E-state index is 1.25. The minimum atomic E-state index is -6.00. The second kappa shape index (κ2) is 4.84. The summed E-state index contributed by atoms with van der Waals surface area (Å²) >= 11 is 0. The molecule has 0 aromatic carbocycles. The van der Waals surface area contributed by atoms with Crippen LogP contribution in [0.3, 0.4) is 0 Å². The molecule has 0 unspecified atom stereocenters. The van der Waals surface area contributed by atoms with Gasteiger partial charge in [0.25, 0.3) is 0 Å². The van der Waals surface area contributed by atoms with Crippen LogP contribution in [0.4, 0.5) is 17.3 Å². The van der Waals surface area contributed by atoms with Crippen LogP contribution in [0.1, 0.15) is 19.3 Å². The van der Waals surface area contributed by atoms with Gasteiger partial charge in [-0.2, -0.15) is 0 Å². The molecule has 1 aliphatic heterocycles. The molecular formula is C7H16BF4N. The number of likely N-dealkylation sites (tertiary alicyclic amines) is 1. The maximum absolute atomic E-state index is 9.75.